The Morgan fingerprint density at radius 3 is 2.16 bits per heavy atom. The van der Waals surface area contributed by atoms with Crippen molar-refractivity contribution in [3.05, 3.63) is 102 Å². The molecule has 0 saturated carbocycles. The van der Waals surface area contributed by atoms with Crippen LogP contribution < -0.4 is 14.2 Å². The Bertz CT molecular complexity index is 1050. The molecule has 0 atom stereocenters. The Labute approximate surface area is 188 Å². The van der Waals surface area contributed by atoms with Crippen LogP contribution in [0.2, 0.25) is 0 Å². The van der Waals surface area contributed by atoms with E-state index < -0.39 is 5.97 Å². The Morgan fingerprint density at radius 1 is 0.875 bits per heavy atom. The van der Waals surface area contributed by atoms with Gasteiger partial charge in [-0.1, -0.05) is 55.6 Å². The normalized spacial score (nSPS) is 10.3. The Morgan fingerprint density at radius 2 is 1.53 bits per heavy atom. The second kappa shape index (κ2) is 11.5. The van der Waals surface area contributed by atoms with E-state index in [0.29, 0.717) is 30.1 Å². The van der Waals surface area contributed by atoms with Crippen molar-refractivity contribution in [2.75, 3.05) is 20.5 Å². The molecular formula is C27H26O5. The van der Waals surface area contributed by atoms with Crippen LogP contribution in [0, 0.1) is 0 Å². The molecule has 0 aliphatic heterocycles. The summed E-state index contributed by atoms with van der Waals surface area (Å²) in [7, 11) is 1.54. The summed E-state index contributed by atoms with van der Waals surface area (Å²) < 4.78 is 22.0. The van der Waals surface area contributed by atoms with Gasteiger partial charge in [0.2, 0.25) is 0 Å². The highest BCUT2D eigenvalue weighted by Gasteiger charge is 2.13. The summed E-state index contributed by atoms with van der Waals surface area (Å²) in [5, 5.41) is 0. The number of ether oxygens (including phenoxy) is 4. The first kappa shape index (κ1) is 22.8. The molecule has 0 N–H and O–H groups in total. The van der Waals surface area contributed by atoms with Crippen molar-refractivity contribution in [3.63, 3.8) is 0 Å². The summed E-state index contributed by atoms with van der Waals surface area (Å²) in [5.41, 5.74) is 3.41. The van der Waals surface area contributed by atoms with Gasteiger partial charge in [0, 0.05) is 0 Å². The van der Waals surface area contributed by atoms with Crippen LogP contribution in [0.3, 0.4) is 0 Å². The van der Waals surface area contributed by atoms with Crippen LogP contribution in [0.1, 0.15) is 27.0 Å². The molecule has 0 radical (unpaired) electrons. The Hall–Kier alpha value is -3.83. The second-order valence-corrected chi connectivity index (χ2v) is 6.89. The fraction of sp³-hybridized carbons (Fsp3) is 0.148. The van der Waals surface area contributed by atoms with E-state index in [4.69, 9.17) is 18.9 Å². The fourth-order valence-electron chi connectivity index (χ4n) is 2.92. The first-order valence-electron chi connectivity index (χ1n) is 10.2. The first-order chi connectivity index (χ1) is 15.6. The molecule has 5 nitrogen and oxygen atoms in total. The van der Waals surface area contributed by atoms with Crippen LogP contribution in [0.25, 0.3) is 12.2 Å². The molecular weight excluding hydrogens is 404 g/mol. The van der Waals surface area contributed by atoms with Crippen LogP contribution in [0.5, 0.6) is 17.2 Å². The Balaban J connectivity index is 1.49. The van der Waals surface area contributed by atoms with Crippen LogP contribution in [0.15, 0.2) is 79.9 Å². The largest absolute Gasteiger partial charge is 0.493 e. The number of rotatable bonds is 11. The van der Waals surface area contributed by atoms with Gasteiger partial charge in [0.05, 0.1) is 19.3 Å². The molecule has 3 rings (SSSR count). The van der Waals surface area contributed by atoms with Gasteiger partial charge >= 0.3 is 5.97 Å². The van der Waals surface area contributed by atoms with Gasteiger partial charge in [0.25, 0.3) is 0 Å². The highest BCUT2D eigenvalue weighted by atomic mass is 16.7. The number of methoxy groups -OCH3 is 1. The minimum absolute atomic E-state index is 0.158. The predicted molar refractivity (Wildman–Crippen MR) is 126 cm³/mol. The van der Waals surface area contributed by atoms with Crippen LogP contribution in [0.4, 0.5) is 0 Å². The zero-order chi connectivity index (χ0) is 22.8. The molecule has 0 spiro atoms. The molecule has 164 valence electrons. The molecule has 32 heavy (non-hydrogen) atoms. The van der Waals surface area contributed by atoms with E-state index in [1.165, 1.54) is 7.11 Å². The summed E-state index contributed by atoms with van der Waals surface area (Å²) in [5.74, 6) is 1.13. The van der Waals surface area contributed by atoms with Gasteiger partial charge < -0.3 is 18.9 Å². The Kier molecular flexibility index (Phi) is 8.23. The van der Waals surface area contributed by atoms with E-state index in [1.807, 2.05) is 48.5 Å². The molecule has 0 aliphatic carbocycles. The number of hydrogen-bond donors (Lipinski definition) is 0. The van der Waals surface area contributed by atoms with Crippen molar-refractivity contribution in [1.82, 2.24) is 0 Å². The van der Waals surface area contributed by atoms with Gasteiger partial charge in [-0.2, -0.15) is 0 Å². The molecule has 0 bridgehead atoms. The third-order valence-electron chi connectivity index (χ3n) is 4.77. The van der Waals surface area contributed by atoms with Gasteiger partial charge in [0.15, 0.2) is 18.3 Å². The summed E-state index contributed by atoms with van der Waals surface area (Å²) in [6.07, 6.45) is 4.15. The SMILES string of the molecule is C=Cc1ccc(OCOCCc2ccc(OC(=O)c3ccc(C=C)cc3)c(OC)c2)cc1. The molecule has 5 heteroatoms. The lowest BCUT2D eigenvalue weighted by Crippen LogP contribution is -2.09. The molecule has 0 saturated heterocycles. The van der Waals surface area contributed by atoms with Crippen molar-refractivity contribution in [1.29, 1.82) is 0 Å². The molecule has 0 heterocycles. The maximum atomic E-state index is 12.4. The number of hydrogen-bond acceptors (Lipinski definition) is 5. The molecule has 3 aromatic carbocycles. The fourth-order valence-corrected chi connectivity index (χ4v) is 2.92. The number of carbonyl (C=O) groups is 1. The summed E-state index contributed by atoms with van der Waals surface area (Å²) in [6, 6.07) is 20.1. The van der Waals surface area contributed by atoms with Gasteiger partial charge in [-0.25, -0.2) is 4.79 Å². The number of carbonyl (C=O) groups excluding carboxylic acids is 1. The van der Waals surface area contributed by atoms with Gasteiger partial charge in [-0.05, 0) is 59.5 Å². The maximum Gasteiger partial charge on any atom is 0.343 e. The average Bonchev–Trinajstić information content (AvgIpc) is 2.85. The van der Waals surface area contributed by atoms with Crippen molar-refractivity contribution in [2.24, 2.45) is 0 Å². The lowest BCUT2D eigenvalue weighted by Gasteiger charge is -2.12. The van der Waals surface area contributed by atoms with Gasteiger partial charge in [-0.3, -0.25) is 0 Å². The number of esters is 1. The first-order valence-corrected chi connectivity index (χ1v) is 10.2. The lowest BCUT2D eigenvalue weighted by molar-refractivity contribution is 0.0169. The highest BCUT2D eigenvalue weighted by molar-refractivity contribution is 5.91. The molecule has 0 amide bonds. The van der Waals surface area contributed by atoms with E-state index in [9.17, 15) is 4.79 Å². The van der Waals surface area contributed by atoms with Gasteiger partial charge in [-0.15, -0.1) is 0 Å². The lowest BCUT2D eigenvalue weighted by atomic mass is 10.1. The minimum atomic E-state index is -0.451. The van der Waals surface area contributed by atoms with E-state index in [-0.39, 0.29) is 6.79 Å². The zero-order valence-electron chi connectivity index (χ0n) is 18.1. The van der Waals surface area contributed by atoms with Crippen molar-refractivity contribution in [3.8, 4) is 17.2 Å². The third-order valence-corrected chi connectivity index (χ3v) is 4.77. The van der Waals surface area contributed by atoms with Crippen LogP contribution in [-0.4, -0.2) is 26.5 Å². The summed E-state index contributed by atoms with van der Waals surface area (Å²) in [4.78, 5) is 12.4. The quantitative estimate of drug-likeness (QED) is 0.167. The smallest absolute Gasteiger partial charge is 0.343 e. The summed E-state index contributed by atoms with van der Waals surface area (Å²) >= 11 is 0. The third kappa shape index (κ3) is 6.33. The monoisotopic (exact) mass is 430 g/mol. The zero-order valence-corrected chi connectivity index (χ0v) is 18.1. The molecule has 3 aromatic rings. The average molecular weight is 431 g/mol. The van der Waals surface area contributed by atoms with E-state index in [0.717, 1.165) is 22.4 Å². The van der Waals surface area contributed by atoms with Gasteiger partial charge in [0.1, 0.15) is 5.75 Å². The highest BCUT2D eigenvalue weighted by Crippen LogP contribution is 2.29. The van der Waals surface area contributed by atoms with Crippen molar-refractivity contribution in [2.45, 2.75) is 6.42 Å². The topological polar surface area (TPSA) is 54.0 Å². The predicted octanol–water partition coefficient (Wildman–Crippen LogP) is 5.80. The molecule has 0 unspecified atom stereocenters. The molecule has 0 fully saturated rings. The molecule has 0 aromatic heterocycles. The van der Waals surface area contributed by atoms with E-state index in [2.05, 4.69) is 13.2 Å². The maximum absolute atomic E-state index is 12.4. The van der Waals surface area contributed by atoms with Crippen LogP contribution >= 0.6 is 0 Å². The van der Waals surface area contributed by atoms with Crippen molar-refractivity contribution >= 4 is 18.1 Å². The molecule has 0 aliphatic rings. The summed E-state index contributed by atoms with van der Waals surface area (Å²) in [6.45, 7) is 8.06. The van der Waals surface area contributed by atoms with Crippen molar-refractivity contribution < 1.29 is 23.7 Å². The standard InChI is InChI=1S/C27H26O5/c1-4-20-6-11-23(12-7-20)27(28)32-25-15-10-22(18-26(25)29-3)16-17-30-19-31-24-13-8-21(5-2)9-14-24/h4-15,18H,1-2,16-17,19H2,3H3. The number of benzene rings is 3. The van der Waals surface area contributed by atoms with E-state index in [1.54, 1.807) is 30.4 Å². The van der Waals surface area contributed by atoms with E-state index >= 15 is 0 Å². The van der Waals surface area contributed by atoms with Crippen LogP contribution in [-0.2, 0) is 11.2 Å². The second-order valence-electron chi connectivity index (χ2n) is 6.89. The minimum Gasteiger partial charge on any atom is -0.493 e.